The van der Waals surface area contributed by atoms with Crippen molar-refractivity contribution in [2.75, 3.05) is 19.6 Å². The number of nitrogens with two attached hydrogens (primary N) is 1. The first-order valence-electron chi connectivity index (χ1n) is 10.3. The smallest absolute Gasteiger partial charge is 0.238 e. The lowest BCUT2D eigenvalue weighted by Gasteiger charge is -2.19. The Morgan fingerprint density at radius 1 is 0.933 bits per heavy atom. The lowest BCUT2D eigenvalue weighted by Crippen LogP contribution is -2.38. The van der Waals surface area contributed by atoms with Crippen LogP contribution in [0.4, 0.5) is 0 Å². The Morgan fingerprint density at radius 2 is 1.50 bits per heavy atom. The average molecular weight is 431 g/mol. The number of hydrogen-bond acceptors (Lipinski definition) is 3. The monoisotopic (exact) mass is 430 g/mol. The summed E-state index contributed by atoms with van der Waals surface area (Å²) >= 11 is 0. The predicted octanol–water partition coefficient (Wildman–Crippen LogP) is 2.97. The highest BCUT2D eigenvalue weighted by atomic mass is 32.2. The van der Waals surface area contributed by atoms with Crippen molar-refractivity contribution in [3.05, 3.63) is 65.2 Å². The summed E-state index contributed by atoms with van der Waals surface area (Å²) in [6.45, 7) is 10.9. The van der Waals surface area contributed by atoms with Crippen LogP contribution in [-0.4, -0.2) is 34.0 Å². The number of hydrogen-bond donors (Lipinski definition) is 3. The first-order valence-corrected chi connectivity index (χ1v) is 11.9. The molecule has 6 nitrogen and oxygen atoms in total. The van der Waals surface area contributed by atoms with Crippen molar-refractivity contribution < 1.29 is 8.42 Å². The SMILES string of the molecule is CCNC(=NCCc1ccc(C(C)(C)C)cc1)NCCc1ccc(S(N)(=O)=O)cc1. The third-order valence-electron chi connectivity index (χ3n) is 4.79. The molecule has 2 aromatic carbocycles. The van der Waals surface area contributed by atoms with Crippen molar-refractivity contribution in [3.8, 4) is 0 Å². The van der Waals surface area contributed by atoms with Gasteiger partial charge < -0.3 is 10.6 Å². The van der Waals surface area contributed by atoms with Gasteiger partial charge in [-0.2, -0.15) is 0 Å². The zero-order valence-electron chi connectivity index (χ0n) is 18.4. The molecule has 0 saturated carbocycles. The number of guanidine groups is 1. The summed E-state index contributed by atoms with van der Waals surface area (Å²) in [5.74, 6) is 0.782. The van der Waals surface area contributed by atoms with Crippen molar-refractivity contribution in [1.29, 1.82) is 0 Å². The topological polar surface area (TPSA) is 96.6 Å². The molecular formula is C23H34N4O2S. The molecule has 0 radical (unpaired) electrons. The zero-order valence-corrected chi connectivity index (χ0v) is 19.2. The zero-order chi connectivity index (χ0) is 22.2. The molecule has 2 rings (SSSR count). The Morgan fingerprint density at radius 3 is 2.03 bits per heavy atom. The van der Waals surface area contributed by atoms with Crippen LogP contribution >= 0.6 is 0 Å². The molecule has 0 unspecified atom stereocenters. The van der Waals surface area contributed by atoms with Crippen LogP contribution in [0.2, 0.25) is 0 Å². The van der Waals surface area contributed by atoms with Crippen LogP contribution in [0.25, 0.3) is 0 Å². The van der Waals surface area contributed by atoms with E-state index in [0.717, 1.165) is 30.9 Å². The van der Waals surface area contributed by atoms with Crippen molar-refractivity contribution >= 4 is 16.0 Å². The number of nitrogens with zero attached hydrogens (tertiary/aromatic N) is 1. The molecule has 0 fully saturated rings. The number of sulfonamides is 1. The number of aliphatic imine (C=N–C) groups is 1. The van der Waals surface area contributed by atoms with E-state index in [2.05, 4.69) is 60.7 Å². The summed E-state index contributed by atoms with van der Waals surface area (Å²) in [6.07, 6.45) is 1.64. The average Bonchev–Trinajstić information content (AvgIpc) is 2.67. The van der Waals surface area contributed by atoms with Crippen LogP contribution in [0.1, 0.15) is 44.4 Å². The second kappa shape index (κ2) is 10.6. The van der Waals surface area contributed by atoms with Gasteiger partial charge in [-0.15, -0.1) is 0 Å². The molecule has 164 valence electrons. The molecule has 7 heteroatoms. The van der Waals surface area contributed by atoms with Crippen LogP contribution in [0, 0.1) is 0 Å². The molecular weight excluding hydrogens is 396 g/mol. The largest absolute Gasteiger partial charge is 0.357 e. The molecule has 4 N–H and O–H groups in total. The van der Waals surface area contributed by atoms with E-state index in [0.29, 0.717) is 13.1 Å². The predicted molar refractivity (Wildman–Crippen MR) is 124 cm³/mol. The fraction of sp³-hybridized carbons (Fsp3) is 0.435. The van der Waals surface area contributed by atoms with Crippen LogP contribution < -0.4 is 15.8 Å². The summed E-state index contributed by atoms with van der Waals surface area (Å²) in [6, 6.07) is 15.4. The van der Waals surface area contributed by atoms with Gasteiger partial charge in [-0.25, -0.2) is 13.6 Å². The van der Waals surface area contributed by atoms with E-state index in [1.807, 2.05) is 6.92 Å². The van der Waals surface area contributed by atoms with Gasteiger partial charge in [-0.1, -0.05) is 57.2 Å². The van der Waals surface area contributed by atoms with Crippen LogP contribution in [0.3, 0.4) is 0 Å². The molecule has 0 saturated heterocycles. The number of benzene rings is 2. The van der Waals surface area contributed by atoms with Gasteiger partial charge >= 0.3 is 0 Å². The van der Waals surface area contributed by atoms with Crippen molar-refractivity contribution in [2.24, 2.45) is 10.1 Å². The maximum atomic E-state index is 11.3. The third kappa shape index (κ3) is 7.80. The minimum atomic E-state index is -3.65. The molecule has 0 aliphatic rings. The van der Waals surface area contributed by atoms with Crippen LogP contribution in [0.5, 0.6) is 0 Å². The minimum Gasteiger partial charge on any atom is -0.357 e. The van der Waals surface area contributed by atoms with E-state index < -0.39 is 10.0 Å². The van der Waals surface area contributed by atoms with Gasteiger partial charge in [0.05, 0.1) is 4.90 Å². The van der Waals surface area contributed by atoms with E-state index in [9.17, 15) is 8.42 Å². The molecule has 0 atom stereocenters. The Balaban J connectivity index is 1.85. The summed E-state index contributed by atoms with van der Waals surface area (Å²) in [5.41, 5.74) is 3.81. The highest BCUT2D eigenvalue weighted by Crippen LogP contribution is 2.22. The summed E-state index contributed by atoms with van der Waals surface area (Å²) < 4.78 is 22.6. The highest BCUT2D eigenvalue weighted by molar-refractivity contribution is 7.89. The van der Waals surface area contributed by atoms with Gasteiger partial charge in [0.2, 0.25) is 10.0 Å². The second-order valence-corrected chi connectivity index (χ2v) is 9.88. The number of rotatable bonds is 8. The molecule has 2 aromatic rings. The van der Waals surface area contributed by atoms with Gasteiger partial charge in [0.25, 0.3) is 0 Å². The van der Waals surface area contributed by atoms with Gasteiger partial charge in [0, 0.05) is 19.6 Å². The van der Waals surface area contributed by atoms with Gasteiger partial charge in [-0.3, -0.25) is 4.99 Å². The first kappa shape index (κ1) is 23.9. The van der Waals surface area contributed by atoms with E-state index in [-0.39, 0.29) is 10.3 Å². The number of primary sulfonamides is 1. The lowest BCUT2D eigenvalue weighted by molar-refractivity contribution is 0.590. The summed E-state index contributed by atoms with van der Waals surface area (Å²) in [4.78, 5) is 4.79. The Kier molecular flexibility index (Phi) is 8.43. The molecule has 0 aromatic heterocycles. The first-order chi connectivity index (χ1) is 14.1. The third-order valence-corrected chi connectivity index (χ3v) is 5.72. The summed E-state index contributed by atoms with van der Waals surface area (Å²) in [5, 5.41) is 11.7. The molecule has 0 bridgehead atoms. The highest BCUT2D eigenvalue weighted by Gasteiger charge is 2.12. The molecule has 0 aliphatic carbocycles. The summed E-state index contributed by atoms with van der Waals surface area (Å²) in [7, 11) is -3.65. The molecule has 30 heavy (non-hydrogen) atoms. The van der Waals surface area contributed by atoms with Gasteiger partial charge in [0.15, 0.2) is 5.96 Å². The fourth-order valence-corrected chi connectivity index (χ4v) is 3.50. The van der Waals surface area contributed by atoms with Crippen molar-refractivity contribution in [3.63, 3.8) is 0 Å². The maximum absolute atomic E-state index is 11.3. The van der Waals surface area contributed by atoms with E-state index in [1.54, 1.807) is 12.1 Å². The Hall–Kier alpha value is -2.38. The molecule has 0 aliphatic heterocycles. The molecule has 0 heterocycles. The van der Waals surface area contributed by atoms with E-state index in [1.165, 1.54) is 23.3 Å². The second-order valence-electron chi connectivity index (χ2n) is 8.32. The minimum absolute atomic E-state index is 0.129. The van der Waals surface area contributed by atoms with Gasteiger partial charge in [0.1, 0.15) is 0 Å². The van der Waals surface area contributed by atoms with Crippen LogP contribution in [-0.2, 0) is 28.3 Å². The number of nitrogens with one attached hydrogen (secondary N) is 2. The van der Waals surface area contributed by atoms with E-state index in [4.69, 9.17) is 5.14 Å². The molecule has 0 spiro atoms. The maximum Gasteiger partial charge on any atom is 0.238 e. The Labute approximate surface area is 181 Å². The fourth-order valence-electron chi connectivity index (χ4n) is 2.98. The lowest BCUT2D eigenvalue weighted by atomic mass is 9.86. The van der Waals surface area contributed by atoms with Crippen molar-refractivity contribution in [1.82, 2.24) is 10.6 Å². The van der Waals surface area contributed by atoms with Crippen LogP contribution in [0.15, 0.2) is 58.4 Å². The normalized spacial score (nSPS) is 12.6. The molecule has 0 amide bonds. The standard InChI is InChI=1S/C23H34N4O2S/c1-5-25-22(26-16-14-18-6-10-20(11-7-18)23(2,3)4)27-17-15-19-8-12-21(13-9-19)30(24,28)29/h6-13H,5,14-17H2,1-4H3,(H2,24,28,29)(H2,25,26,27). The van der Waals surface area contributed by atoms with E-state index >= 15 is 0 Å². The quantitative estimate of drug-likeness (QED) is 0.443. The van der Waals surface area contributed by atoms with Crippen molar-refractivity contribution in [2.45, 2.75) is 50.8 Å². The Bertz CT molecular complexity index is 929. The van der Waals surface area contributed by atoms with Gasteiger partial charge in [-0.05, 0) is 54.0 Å².